The van der Waals surface area contributed by atoms with Crippen LogP contribution in [0.4, 0.5) is 0 Å². The maximum atomic E-state index is 12.7. The predicted octanol–water partition coefficient (Wildman–Crippen LogP) is 3.61. The van der Waals surface area contributed by atoms with Gasteiger partial charge in [-0.3, -0.25) is 9.59 Å². The molecular weight excluding hydrogens is 340 g/mol. The van der Waals surface area contributed by atoms with E-state index >= 15 is 0 Å². The molecule has 0 saturated carbocycles. The zero-order valence-electron chi connectivity index (χ0n) is 15.4. The number of ether oxygens (including phenoxy) is 1. The van der Waals surface area contributed by atoms with Gasteiger partial charge in [-0.05, 0) is 36.8 Å². The minimum Gasteiger partial charge on any atom is -0.497 e. The van der Waals surface area contributed by atoms with Crippen molar-refractivity contribution < 1.29 is 14.3 Å². The Bertz CT molecular complexity index is 914. The van der Waals surface area contributed by atoms with Crippen LogP contribution in [0.2, 0.25) is 0 Å². The molecule has 1 N–H and O–H groups in total. The van der Waals surface area contributed by atoms with Crippen molar-refractivity contribution in [3.63, 3.8) is 0 Å². The molecule has 1 atom stereocenters. The standard InChI is InChI=1S/C22H22N2O3/c1-16(22(26)23-15-17-10-12-19(27-2)13-11-17)24-14-6-9-20(24)21(25)18-7-4-3-5-8-18/h3-14,16H,15H2,1-2H3,(H,23,26). The third-order valence-electron chi connectivity index (χ3n) is 4.47. The number of hydrogen-bond donors (Lipinski definition) is 1. The molecule has 0 radical (unpaired) electrons. The number of carbonyl (C=O) groups excluding carboxylic acids is 2. The molecule has 5 heteroatoms. The smallest absolute Gasteiger partial charge is 0.243 e. The lowest BCUT2D eigenvalue weighted by Crippen LogP contribution is -2.31. The van der Waals surface area contributed by atoms with Crippen molar-refractivity contribution in [2.75, 3.05) is 7.11 Å². The van der Waals surface area contributed by atoms with Gasteiger partial charge in [0.1, 0.15) is 11.8 Å². The highest BCUT2D eigenvalue weighted by atomic mass is 16.5. The van der Waals surface area contributed by atoms with E-state index in [9.17, 15) is 9.59 Å². The quantitative estimate of drug-likeness (QED) is 0.653. The Morgan fingerprint density at radius 2 is 1.70 bits per heavy atom. The molecule has 138 valence electrons. The lowest BCUT2D eigenvalue weighted by Gasteiger charge is -2.17. The summed E-state index contributed by atoms with van der Waals surface area (Å²) in [4.78, 5) is 25.3. The Balaban J connectivity index is 1.68. The van der Waals surface area contributed by atoms with E-state index in [0.29, 0.717) is 17.8 Å². The van der Waals surface area contributed by atoms with Gasteiger partial charge < -0.3 is 14.6 Å². The van der Waals surface area contributed by atoms with Crippen LogP contribution in [0.25, 0.3) is 0 Å². The number of ketones is 1. The van der Waals surface area contributed by atoms with Gasteiger partial charge in [-0.2, -0.15) is 0 Å². The highest BCUT2D eigenvalue weighted by molar-refractivity contribution is 6.08. The minimum absolute atomic E-state index is 0.101. The first-order valence-corrected chi connectivity index (χ1v) is 8.77. The molecule has 5 nitrogen and oxygen atoms in total. The molecule has 0 bridgehead atoms. The highest BCUT2D eigenvalue weighted by Crippen LogP contribution is 2.17. The average molecular weight is 362 g/mol. The van der Waals surface area contributed by atoms with Crippen LogP contribution in [-0.2, 0) is 11.3 Å². The van der Waals surface area contributed by atoms with Crippen molar-refractivity contribution in [1.29, 1.82) is 0 Å². The van der Waals surface area contributed by atoms with Crippen LogP contribution in [0.1, 0.15) is 34.6 Å². The van der Waals surface area contributed by atoms with Crippen LogP contribution in [-0.4, -0.2) is 23.4 Å². The predicted molar refractivity (Wildman–Crippen MR) is 104 cm³/mol. The van der Waals surface area contributed by atoms with E-state index in [4.69, 9.17) is 4.74 Å². The first-order chi connectivity index (χ1) is 13.1. The van der Waals surface area contributed by atoms with Crippen molar-refractivity contribution in [2.45, 2.75) is 19.5 Å². The first-order valence-electron chi connectivity index (χ1n) is 8.77. The highest BCUT2D eigenvalue weighted by Gasteiger charge is 2.20. The Kier molecular flexibility index (Phi) is 5.71. The molecule has 0 aliphatic rings. The molecular formula is C22H22N2O3. The van der Waals surface area contributed by atoms with Crippen molar-refractivity contribution in [1.82, 2.24) is 9.88 Å². The summed E-state index contributed by atoms with van der Waals surface area (Å²) >= 11 is 0. The molecule has 0 fully saturated rings. The summed E-state index contributed by atoms with van der Waals surface area (Å²) in [6.07, 6.45) is 1.76. The topological polar surface area (TPSA) is 60.3 Å². The van der Waals surface area contributed by atoms with Crippen LogP contribution in [0.3, 0.4) is 0 Å². The van der Waals surface area contributed by atoms with E-state index < -0.39 is 6.04 Å². The van der Waals surface area contributed by atoms with E-state index in [2.05, 4.69) is 5.32 Å². The average Bonchev–Trinajstić information content (AvgIpc) is 3.21. The van der Waals surface area contributed by atoms with Crippen molar-refractivity contribution in [3.05, 3.63) is 89.7 Å². The Morgan fingerprint density at radius 1 is 1.00 bits per heavy atom. The SMILES string of the molecule is COc1ccc(CNC(=O)C(C)n2cccc2C(=O)c2ccccc2)cc1. The molecule has 1 aromatic heterocycles. The van der Waals surface area contributed by atoms with Crippen molar-refractivity contribution in [3.8, 4) is 5.75 Å². The van der Waals surface area contributed by atoms with E-state index in [1.807, 2.05) is 42.5 Å². The molecule has 3 rings (SSSR count). The summed E-state index contributed by atoms with van der Waals surface area (Å²) in [5.74, 6) is 0.523. The van der Waals surface area contributed by atoms with Gasteiger partial charge in [0.05, 0.1) is 12.8 Å². The molecule has 2 aromatic carbocycles. The number of amides is 1. The second-order valence-corrected chi connectivity index (χ2v) is 6.24. The third-order valence-corrected chi connectivity index (χ3v) is 4.47. The largest absolute Gasteiger partial charge is 0.497 e. The summed E-state index contributed by atoms with van der Waals surface area (Å²) in [6.45, 7) is 2.20. The fourth-order valence-electron chi connectivity index (χ4n) is 2.87. The molecule has 1 heterocycles. The van der Waals surface area contributed by atoms with Crippen molar-refractivity contribution in [2.24, 2.45) is 0 Å². The summed E-state index contributed by atoms with van der Waals surface area (Å²) in [5, 5.41) is 2.92. The molecule has 0 spiro atoms. The summed E-state index contributed by atoms with van der Waals surface area (Å²) in [7, 11) is 1.61. The normalized spacial score (nSPS) is 11.6. The summed E-state index contributed by atoms with van der Waals surface area (Å²) in [6, 6.07) is 19.6. The molecule has 3 aromatic rings. The van der Waals surface area contributed by atoms with Gasteiger partial charge in [-0.15, -0.1) is 0 Å². The van der Waals surface area contributed by atoms with Crippen LogP contribution in [0.15, 0.2) is 72.9 Å². The van der Waals surface area contributed by atoms with Gasteiger partial charge in [0, 0.05) is 18.3 Å². The number of nitrogens with zero attached hydrogens (tertiary/aromatic N) is 1. The van der Waals surface area contributed by atoms with Crippen LogP contribution in [0, 0.1) is 0 Å². The first kappa shape index (κ1) is 18.5. The van der Waals surface area contributed by atoms with Gasteiger partial charge in [-0.1, -0.05) is 42.5 Å². The monoisotopic (exact) mass is 362 g/mol. The van der Waals surface area contributed by atoms with Crippen LogP contribution in [0.5, 0.6) is 5.75 Å². The number of nitrogens with one attached hydrogen (secondary N) is 1. The van der Waals surface area contributed by atoms with Gasteiger partial charge in [0.25, 0.3) is 0 Å². The second-order valence-electron chi connectivity index (χ2n) is 6.24. The molecule has 27 heavy (non-hydrogen) atoms. The van der Waals surface area contributed by atoms with Gasteiger partial charge >= 0.3 is 0 Å². The summed E-state index contributed by atoms with van der Waals surface area (Å²) in [5.41, 5.74) is 2.07. The number of rotatable bonds is 7. The van der Waals surface area contributed by atoms with Gasteiger partial charge in [0.2, 0.25) is 11.7 Å². The maximum Gasteiger partial charge on any atom is 0.243 e. The Hall–Kier alpha value is -3.34. The molecule has 0 aliphatic carbocycles. The fourth-order valence-corrected chi connectivity index (χ4v) is 2.87. The lowest BCUT2D eigenvalue weighted by molar-refractivity contribution is -0.124. The van der Waals surface area contributed by atoms with Gasteiger partial charge in [0.15, 0.2) is 0 Å². The number of carbonyl (C=O) groups is 2. The van der Waals surface area contributed by atoms with E-state index in [-0.39, 0.29) is 11.7 Å². The number of methoxy groups -OCH3 is 1. The van der Waals surface area contributed by atoms with E-state index in [0.717, 1.165) is 11.3 Å². The molecule has 1 amide bonds. The number of aromatic nitrogens is 1. The minimum atomic E-state index is -0.499. The molecule has 0 saturated heterocycles. The number of hydrogen-bond acceptors (Lipinski definition) is 3. The van der Waals surface area contributed by atoms with Crippen molar-refractivity contribution >= 4 is 11.7 Å². The maximum absolute atomic E-state index is 12.7. The van der Waals surface area contributed by atoms with E-state index in [1.165, 1.54) is 0 Å². The Morgan fingerprint density at radius 3 is 2.37 bits per heavy atom. The molecule has 1 unspecified atom stereocenters. The zero-order valence-corrected chi connectivity index (χ0v) is 15.4. The summed E-state index contributed by atoms with van der Waals surface area (Å²) < 4.78 is 6.84. The third kappa shape index (κ3) is 4.26. The van der Waals surface area contributed by atoms with E-state index in [1.54, 1.807) is 49.1 Å². The van der Waals surface area contributed by atoms with Crippen LogP contribution < -0.4 is 10.1 Å². The van der Waals surface area contributed by atoms with Crippen LogP contribution >= 0.6 is 0 Å². The Labute approximate surface area is 158 Å². The zero-order chi connectivity index (χ0) is 19.2. The second kappa shape index (κ2) is 8.36. The van der Waals surface area contributed by atoms with Gasteiger partial charge in [-0.25, -0.2) is 0 Å². The fraction of sp³-hybridized carbons (Fsp3) is 0.182. The lowest BCUT2D eigenvalue weighted by atomic mass is 10.1. The molecule has 0 aliphatic heterocycles. The number of benzene rings is 2.